The van der Waals surface area contributed by atoms with E-state index in [1.54, 1.807) is 0 Å². The monoisotopic (exact) mass is 233 g/mol. The third-order valence-corrected chi connectivity index (χ3v) is 2.50. The zero-order valence-corrected chi connectivity index (χ0v) is 9.38. The number of aromatic nitrogens is 1. The molecule has 2 N–H and O–H groups in total. The maximum atomic E-state index is 13.5. The summed E-state index contributed by atoms with van der Waals surface area (Å²) in [7, 11) is 1.47. The Morgan fingerprint density at radius 2 is 2.35 bits per heavy atom. The van der Waals surface area contributed by atoms with Gasteiger partial charge in [0.15, 0.2) is 0 Å². The van der Waals surface area contributed by atoms with Crippen LogP contribution in [0.1, 0.15) is 16.1 Å². The fourth-order valence-electron chi connectivity index (χ4n) is 1.35. The Balaban J connectivity index is 2.18. The molecule has 0 radical (unpaired) electrons. The molecule has 1 aromatic heterocycles. The van der Waals surface area contributed by atoms with Gasteiger partial charge in [-0.3, -0.25) is 4.79 Å². The first-order valence-corrected chi connectivity index (χ1v) is 5.31. The second-order valence-corrected chi connectivity index (χ2v) is 3.74. The van der Waals surface area contributed by atoms with Crippen LogP contribution < -0.4 is 10.6 Å². The van der Waals surface area contributed by atoms with Crippen LogP contribution >= 0.6 is 0 Å². The first kappa shape index (κ1) is 11.6. The SMILES string of the molecule is CNC(=O)c1ccc(C#CC2CNC2)c(F)n1. The number of carbonyl (C=O) groups excluding carboxylic acids is 1. The molecule has 2 heterocycles. The zero-order chi connectivity index (χ0) is 12.3. The maximum absolute atomic E-state index is 13.5. The van der Waals surface area contributed by atoms with Gasteiger partial charge in [0, 0.05) is 26.1 Å². The average molecular weight is 233 g/mol. The van der Waals surface area contributed by atoms with Crippen molar-refractivity contribution in [1.29, 1.82) is 0 Å². The number of pyridine rings is 1. The van der Waals surface area contributed by atoms with Crippen molar-refractivity contribution in [3.8, 4) is 11.8 Å². The van der Waals surface area contributed by atoms with Crippen LogP contribution in [0, 0.1) is 23.7 Å². The molecule has 1 saturated heterocycles. The van der Waals surface area contributed by atoms with Crippen LogP contribution in [-0.2, 0) is 0 Å². The summed E-state index contributed by atoms with van der Waals surface area (Å²) in [5, 5.41) is 5.46. The van der Waals surface area contributed by atoms with Gasteiger partial charge in [-0.05, 0) is 12.1 Å². The first-order valence-electron chi connectivity index (χ1n) is 5.31. The molecule has 0 atom stereocenters. The van der Waals surface area contributed by atoms with E-state index >= 15 is 0 Å². The molecule has 0 aliphatic carbocycles. The summed E-state index contributed by atoms with van der Waals surface area (Å²) >= 11 is 0. The highest BCUT2D eigenvalue weighted by Gasteiger charge is 2.13. The van der Waals surface area contributed by atoms with Crippen molar-refractivity contribution in [1.82, 2.24) is 15.6 Å². The molecule has 1 aliphatic heterocycles. The summed E-state index contributed by atoms with van der Waals surface area (Å²) in [4.78, 5) is 14.8. The Bertz CT molecular complexity index is 500. The number of amides is 1. The van der Waals surface area contributed by atoms with Gasteiger partial charge in [-0.2, -0.15) is 4.39 Å². The quantitative estimate of drug-likeness (QED) is 0.536. The van der Waals surface area contributed by atoms with Crippen molar-refractivity contribution >= 4 is 5.91 Å². The highest BCUT2D eigenvalue weighted by atomic mass is 19.1. The normalized spacial score (nSPS) is 14.5. The third kappa shape index (κ3) is 2.60. The highest BCUT2D eigenvalue weighted by Crippen LogP contribution is 2.06. The van der Waals surface area contributed by atoms with Gasteiger partial charge in [0.1, 0.15) is 5.69 Å². The van der Waals surface area contributed by atoms with Crippen LogP contribution in [0.5, 0.6) is 0 Å². The molecule has 2 rings (SSSR count). The number of carbonyl (C=O) groups is 1. The molecule has 1 fully saturated rings. The molecule has 1 aromatic rings. The van der Waals surface area contributed by atoms with Crippen LogP contribution in [0.2, 0.25) is 0 Å². The minimum absolute atomic E-state index is 0.0564. The Morgan fingerprint density at radius 1 is 1.59 bits per heavy atom. The van der Waals surface area contributed by atoms with Crippen molar-refractivity contribution in [3.63, 3.8) is 0 Å². The summed E-state index contributed by atoms with van der Waals surface area (Å²) in [6, 6.07) is 2.94. The Labute approximate surface area is 98.6 Å². The molecular formula is C12H12FN3O. The average Bonchev–Trinajstić information content (AvgIpc) is 2.28. The lowest BCUT2D eigenvalue weighted by molar-refractivity contribution is 0.0957. The summed E-state index contributed by atoms with van der Waals surface area (Å²) in [5.41, 5.74) is 0.283. The number of nitrogens with zero attached hydrogens (tertiary/aromatic N) is 1. The van der Waals surface area contributed by atoms with Gasteiger partial charge in [0.2, 0.25) is 5.95 Å². The summed E-state index contributed by atoms with van der Waals surface area (Å²) in [6.07, 6.45) is 0. The summed E-state index contributed by atoms with van der Waals surface area (Å²) in [5.74, 6) is 4.86. The van der Waals surface area contributed by atoms with Gasteiger partial charge in [-0.25, -0.2) is 4.98 Å². The van der Waals surface area contributed by atoms with Gasteiger partial charge in [0.25, 0.3) is 5.91 Å². The van der Waals surface area contributed by atoms with E-state index in [-0.39, 0.29) is 17.2 Å². The fraction of sp³-hybridized carbons (Fsp3) is 0.333. The predicted octanol–water partition coefficient (Wildman–Crippen LogP) is 0.151. The van der Waals surface area contributed by atoms with Crippen molar-refractivity contribution in [2.75, 3.05) is 20.1 Å². The lowest BCUT2D eigenvalue weighted by atomic mass is 10.0. The lowest BCUT2D eigenvalue weighted by Crippen LogP contribution is -2.40. The van der Waals surface area contributed by atoms with Crippen molar-refractivity contribution in [3.05, 3.63) is 29.3 Å². The largest absolute Gasteiger partial charge is 0.354 e. The lowest BCUT2D eigenvalue weighted by Gasteiger charge is -2.21. The van der Waals surface area contributed by atoms with E-state index in [1.165, 1.54) is 19.2 Å². The van der Waals surface area contributed by atoms with E-state index in [0.717, 1.165) is 13.1 Å². The third-order valence-electron chi connectivity index (χ3n) is 2.50. The fourth-order valence-corrected chi connectivity index (χ4v) is 1.35. The molecule has 5 heteroatoms. The highest BCUT2D eigenvalue weighted by molar-refractivity contribution is 5.92. The second kappa shape index (κ2) is 4.93. The molecule has 0 saturated carbocycles. The molecule has 88 valence electrons. The summed E-state index contributed by atoms with van der Waals surface area (Å²) < 4.78 is 13.5. The number of rotatable bonds is 1. The van der Waals surface area contributed by atoms with Gasteiger partial charge >= 0.3 is 0 Å². The Morgan fingerprint density at radius 3 is 2.88 bits per heavy atom. The van der Waals surface area contributed by atoms with E-state index in [0.29, 0.717) is 0 Å². The zero-order valence-electron chi connectivity index (χ0n) is 9.38. The van der Waals surface area contributed by atoms with Crippen LogP contribution in [-0.4, -0.2) is 31.0 Å². The van der Waals surface area contributed by atoms with Gasteiger partial charge in [-0.15, -0.1) is 0 Å². The van der Waals surface area contributed by atoms with Crippen molar-refractivity contribution in [2.24, 2.45) is 5.92 Å². The van der Waals surface area contributed by atoms with Crippen LogP contribution in [0.4, 0.5) is 4.39 Å². The Hall–Kier alpha value is -1.93. The van der Waals surface area contributed by atoms with Crippen molar-refractivity contribution < 1.29 is 9.18 Å². The standard InChI is InChI=1S/C12H12FN3O/c1-14-12(17)10-5-4-9(11(13)16-10)3-2-8-6-15-7-8/h4-5,8,15H,6-7H2,1H3,(H,14,17). The van der Waals surface area contributed by atoms with E-state index in [4.69, 9.17) is 0 Å². The molecule has 1 aliphatic rings. The molecule has 0 aromatic carbocycles. The van der Waals surface area contributed by atoms with E-state index in [2.05, 4.69) is 27.5 Å². The minimum Gasteiger partial charge on any atom is -0.354 e. The molecule has 0 bridgehead atoms. The number of nitrogens with one attached hydrogen (secondary N) is 2. The second-order valence-electron chi connectivity index (χ2n) is 3.74. The van der Waals surface area contributed by atoms with E-state index < -0.39 is 11.9 Å². The van der Waals surface area contributed by atoms with Crippen LogP contribution in [0.3, 0.4) is 0 Å². The van der Waals surface area contributed by atoms with E-state index in [1.807, 2.05) is 0 Å². The molecule has 1 amide bonds. The molecular weight excluding hydrogens is 221 g/mol. The smallest absolute Gasteiger partial charge is 0.269 e. The van der Waals surface area contributed by atoms with Gasteiger partial charge < -0.3 is 10.6 Å². The predicted molar refractivity (Wildman–Crippen MR) is 60.8 cm³/mol. The van der Waals surface area contributed by atoms with E-state index in [9.17, 15) is 9.18 Å². The van der Waals surface area contributed by atoms with Crippen LogP contribution in [0.25, 0.3) is 0 Å². The topological polar surface area (TPSA) is 54.0 Å². The first-order chi connectivity index (χ1) is 8.20. The minimum atomic E-state index is -0.703. The molecule has 0 spiro atoms. The van der Waals surface area contributed by atoms with Gasteiger partial charge in [0.05, 0.1) is 5.56 Å². The number of halogens is 1. The molecule has 17 heavy (non-hydrogen) atoms. The number of hydrogen-bond donors (Lipinski definition) is 2. The van der Waals surface area contributed by atoms with Crippen LogP contribution in [0.15, 0.2) is 12.1 Å². The summed E-state index contributed by atoms with van der Waals surface area (Å²) in [6.45, 7) is 1.69. The Kier molecular flexibility index (Phi) is 3.35. The molecule has 0 unspecified atom stereocenters. The number of hydrogen-bond acceptors (Lipinski definition) is 3. The maximum Gasteiger partial charge on any atom is 0.269 e. The van der Waals surface area contributed by atoms with Crippen molar-refractivity contribution in [2.45, 2.75) is 0 Å². The molecule has 4 nitrogen and oxygen atoms in total. The van der Waals surface area contributed by atoms with Gasteiger partial charge in [-0.1, -0.05) is 11.8 Å².